The lowest BCUT2D eigenvalue weighted by Gasteiger charge is -2.31. The standard InChI is InChI=1S/C16H20N2OS/c17-16(19)8-12-4-3-7-18(10-12)11-14-9-13-5-1-2-6-15(13)20-14/h1-2,5-6,9,12H,3-4,7-8,10-11H2,(H2,17,19)/t12-/m1/s1. The number of thiophene rings is 1. The van der Waals surface area contributed by atoms with E-state index in [2.05, 4.69) is 35.2 Å². The molecular weight excluding hydrogens is 268 g/mol. The number of fused-ring (bicyclic) bond motifs is 1. The number of rotatable bonds is 4. The topological polar surface area (TPSA) is 46.3 Å². The summed E-state index contributed by atoms with van der Waals surface area (Å²) in [6, 6.07) is 10.8. The molecule has 2 heterocycles. The molecule has 106 valence electrons. The summed E-state index contributed by atoms with van der Waals surface area (Å²) in [6.45, 7) is 3.12. The largest absolute Gasteiger partial charge is 0.370 e. The number of amides is 1. The molecule has 0 saturated carbocycles. The Kier molecular flexibility index (Phi) is 4.03. The van der Waals surface area contributed by atoms with E-state index in [0.29, 0.717) is 12.3 Å². The van der Waals surface area contributed by atoms with Crippen LogP contribution in [0.25, 0.3) is 10.1 Å². The van der Waals surface area contributed by atoms with Gasteiger partial charge in [-0.05, 0) is 42.8 Å². The molecule has 1 aromatic heterocycles. The molecule has 1 aliphatic rings. The van der Waals surface area contributed by atoms with Crippen LogP contribution < -0.4 is 5.73 Å². The van der Waals surface area contributed by atoms with Gasteiger partial charge in [-0.15, -0.1) is 11.3 Å². The van der Waals surface area contributed by atoms with Gasteiger partial charge in [-0.2, -0.15) is 0 Å². The molecule has 1 amide bonds. The van der Waals surface area contributed by atoms with Crippen molar-refractivity contribution >= 4 is 27.3 Å². The molecule has 0 bridgehead atoms. The van der Waals surface area contributed by atoms with Gasteiger partial charge in [-0.25, -0.2) is 0 Å². The second-order valence-electron chi connectivity index (χ2n) is 5.66. The summed E-state index contributed by atoms with van der Waals surface area (Å²) in [6.07, 6.45) is 2.83. The molecule has 1 atom stereocenters. The van der Waals surface area contributed by atoms with E-state index in [1.54, 1.807) is 0 Å². The molecule has 4 heteroatoms. The van der Waals surface area contributed by atoms with Crippen LogP contribution in [0.3, 0.4) is 0 Å². The maximum absolute atomic E-state index is 11.1. The van der Waals surface area contributed by atoms with Crippen molar-refractivity contribution in [2.24, 2.45) is 11.7 Å². The molecule has 1 saturated heterocycles. The first kappa shape index (κ1) is 13.6. The molecule has 20 heavy (non-hydrogen) atoms. The van der Waals surface area contributed by atoms with Crippen LogP contribution in [0, 0.1) is 5.92 Å². The minimum absolute atomic E-state index is 0.168. The van der Waals surface area contributed by atoms with Gasteiger partial charge in [0.05, 0.1) is 0 Å². The first-order valence-corrected chi connectivity index (χ1v) is 8.00. The Morgan fingerprint density at radius 3 is 3.05 bits per heavy atom. The Labute approximate surface area is 123 Å². The number of hydrogen-bond acceptors (Lipinski definition) is 3. The van der Waals surface area contributed by atoms with Crippen molar-refractivity contribution in [3.63, 3.8) is 0 Å². The van der Waals surface area contributed by atoms with Crippen molar-refractivity contribution in [1.82, 2.24) is 4.90 Å². The molecule has 0 aliphatic carbocycles. The molecule has 1 aliphatic heterocycles. The number of hydrogen-bond donors (Lipinski definition) is 1. The van der Waals surface area contributed by atoms with Crippen molar-refractivity contribution in [3.05, 3.63) is 35.2 Å². The average molecular weight is 288 g/mol. The third-order valence-corrected chi connectivity index (χ3v) is 5.05. The van der Waals surface area contributed by atoms with Gasteiger partial charge in [0, 0.05) is 29.1 Å². The zero-order valence-electron chi connectivity index (χ0n) is 11.5. The highest BCUT2D eigenvalue weighted by Gasteiger charge is 2.21. The van der Waals surface area contributed by atoms with Gasteiger partial charge in [0.1, 0.15) is 0 Å². The van der Waals surface area contributed by atoms with Crippen molar-refractivity contribution < 1.29 is 4.79 Å². The van der Waals surface area contributed by atoms with Crippen LogP contribution in [0.2, 0.25) is 0 Å². The number of benzene rings is 1. The number of piperidine rings is 1. The molecule has 0 spiro atoms. The van der Waals surface area contributed by atoms with E-state index in [4.69, 9.17) is 5.73 Å². The van der Waals surface area contributed by atoms with Gasteiger partial charge in [0.25, 0.3) is 0 Å². The highest BCUT2D eigenvalue weighted by molar-refractivity contribution is 7.19. The SMILES string of the molecule is NC(=O)C[C@H]1CCCN(Cc2cc3ccccc3s2)C1. The smallest absolute Gasteiger partial charge is 0.217 e. The number of nitrogens with two attached hydrogens (primary N) is 1. The Balaban J connectivity index is 1.66. The minimum atomic E-state index is -0.168. The minimum Gasteiger partial charge on any atom is -0.370 e. The van der Waals surface area contributed by atoms with Gasteiger partial charge >= 0.3 is 0 Å². The number of carbonyl (C=O) groups excluding carboxylic acids is 1. The summed E-state index contributed by atoms with van der Waals surface area (Å²) in [7, 11) is 0. The monoisotopic (exact) mass is 288 g/mol. The highest BCUT2D eigenvalue weighted by atomic mass is 32.1. The lowest BCUT2D eigenvalue weighted by Crippen LogP contribution is -2.36. The van der Waals surface area contributed by atoms with Gasteiger partial charge in [-0.1, -0.05) is 18.2 Å². The predicted octanol–water partition coefficient (Wildman–Crippen LogP) is 2.99. The summed E-state index contributed by atoms with van der Waals surface area (Å²) in [5.74, 6) is 0.273. The van der Waals surface area contributed by atoms with Crippen molar-refractivity contribution in [1.29, 1.82) is 0 Å². The number of primary amides is 1. The van der Waals surface area contributed by atoms with Crippen LogP contribution in [-0.4, -0.2) is 23.9 Å². The molecule has 3 nitrogen and oxygen atoms in total. The summed E-state index contributed by atoms with van der Waals surface area (Å²) in [5.41, 5.74) is 5.32. The fourth-order valence-corrected chi connectivity index (χ4v) is 4.19. The van der Waals surface area contributed by atoms with Crippen LogP contribution >= 0.6 is 11.3 Å². The maximum Gasteiger partial charge on any atom is 0.217 e. The molecule has 1 aromatic carbocycles. The first-order chi connectivity index (χ1) is 9.70. The van der Waals surface area contributed by atoms with Crippen molar-refractivity contribution in [2.75, 3.05) is 13.1 Å². The summed E-state index contributed by atoms with van der Waals surface area (Å²) >= 11 is 1.87. The molecule has 3 rings (SSSR count). The Morgan fingerprint density at radius 2 is 2.25 bits per heavy atom. The summed E-state index contributed by atoms with van der Waals surface area (Å²) in [5, 5.41) is 1.33. The average Bonchev–Trinajstić information content (AvgIpc) is 2.80. The third kappa shape index (κ3) is 3.19. The normalized spacial score (nSPS) is 20.3. The fraction of sp³-hybridized carbons (Fsp3) is 0.438. The molecule has 1 fully saturated rings. The van der Waals surface area contributed by atoms with Crippen molar-refractivity contribution in [2.45, 2.75) is 25.8 Å². The molecule has 2 aromatic rings. The Morgan fingerprint density at radius 1 is 1.40 bits per heavy atom. The van der Waals surface area contributed by atoms with Crippen LogP contribution in [-0.2, 0) is 11.3 Å². The lowest BCUT2D eigenvalue weighted by molar-refractivity contribution is -0.119. The van der Waals surface area contributed by atoms with Gasteiger partial charge < -0.3 is 5.73 Å². The van der Waals surface area contributed by atoms with E-state index in [1.165, 1.54) is 21.4 Å². The molecular formula is C16H20N2OS. The van der Waals surface area contributed by atoms with Crippen LogP contribution in [0.15, 0.2) is 30.3 Å². The maximum atomic E-state index is 11.1. The lowest BCUT2D eigenvalue weighted by atomic mass is 9.94. The van der Waals surface area contributed by atoms with E-state index >= 15 is 0 Å². The highest BCUT2D eigenvalue weighted by Crippen LogP contribution is 2.28. The Bertz CT molecular complexity index is 574. The van der Waals surface area contributed by atoms with Crippen LogP contribution in [0.5, 0.6) is 0 Å². The quantitative estimate of drug-likeness (QED) is 0.940. The van der Waals surface area contributed by atoms with E-state index in [9.17, 15) is 4.79 Å². The second kappa shape index (κ2) is 5.94. The summed E-state index contributed by atoms with van der Waals surface area (Å²) < 4.78 is 1.35. The second-order valence-corrected chi connectivity index (χ2v) is 6.83. The van der Waals surface area contributed by atoms with Crippen molar-refractivity contribution in [3.8, 4) is 0 Å². The van der Waals surface area contributed by atoms with Crippen LogP contribution in [0.1, 0.15) is 24.1 Å². The van der Waals surface area contributed by atoms with E-state index in [0.717, 1.165) is 26.1 Å². The first-order valence-electron chi connectivity index (χ1n) is 7.19. The van der Waals surface area contributed by atoms with Gasteiger partial charge in [-0.3, -0.25) is 9.69 Å². The van der Waals surface area contributed by atoms with E-state index in [1.807, 2.05) is 11.3 Å². The van der Waals surface area contributed by atoms with E-state index in [-0.39, 0.29) is 5.91 Å². The zero-order chi connectivity index (χ0) is 13.9. The number of likely N-dealkylation sites (tertiary alicyclic amines) is 1. The van der Waals surface area contributed by atoms with Gasteiger partial charge in [0.15, 0.2) is 0 Å². The molecule has 0 unspecified atom stereocenters. The summed E-state index contributed by atoms with van der Waals surface area (Å²) in [4.78, 5) is 14.9. The predicted molar refractivity (Wildman–Crippen MR) is 83.6 cm³/mol. The molecule has 2 N–H and O–H groups in total. The third-order valence-electron chi connectivity index (χ3n) is 3.95. The molecule has 0 radical (unpaired) electrons. The number of carbonyl (C=O) groups is 1. The van der Waals surface area contributed by atoms with E-state index < -0.39 is 0 Å². The van der Waals surface area contributed by atoms with Gasteiger partial charge in [0.2, 0.25) is 5.91 Å². The fourth-order valence-electron chi connectivity index (χ4n) is 3.08. The van der Waals surface area contributed by atoms with Crippen LogP contribution in [0.4, 0.5) is 0 Å². The number of nitrogens with zero attached hydrogens (tertiary/aromatic N) is 1. The Hall–Kier alpha value is -1.39. The zero-order valence-corrected chi connectivity index (χ0v) is 12.4.